The number of carbonyl (C=O) groups is 1. The van der Waals surface area contributed by atoms with Gasteiger partial charge in [-0.3, -0.25) is 4.79 Å². The molecule has 5 heteroatoms. The maximum atomic E-state index is 10.7. The van der Waals surface area contributed by atoms with Crippen molar-refractivity contribution in [2.75, 3.05) is 10.1 Å². The molecule has 1 aromatic rings. The lowest BCUT2D eigenvalue weighted by molar-refractivity contribution is 0.100. The van der Waals surface area contributed by atoms with Crippen LogP contribution in [0.4, 0.5) is 11.4 Å². The molecule has 0 aliphatic heterocycles. The summed E-state index contributed by atoms with van der Waals surface area (Å²) in [7, 11) is 0. The molecule has 5 N–H and O–H groups in total. The Morgan fingerprint density at radius 2 is 2.17 bits per heavy atom. The van der Waals surface area contributed by atoms with E-state index in [-0.39, 0.29) is 0 Å². The number of rotatable bonds is 2. The Labute approximate surface area is 78.3 Å². The maximum Gasteiger partial charge on any atom is 0.248 e. The van der Waals surface area contributed by atoms with Crippen LogP contribution in [0.5, 0.6) is 0 Å². The average Bonchev–Trinajstić information content (AvgIpc) is 2.04. The van der Waals surface area contributed by atoms with Gasteiger partial charge in [0, 0.05) is 21.7 Å². The van der Waals surface area contributed by atoms with Gasteiger partial charge in [-0.05, 0) is 18.2 Å². The highest BCUT2D eigenvalue weighted by Crippen LogP contribution is 2.20. The van der Waals surface area contributed by atoms with E-state index in [2.05, 4.69) is 20.5 Å². The summed E-state index contributed by atoms with van der Waals surface area (Å²) in [6.45, 7) is 0. The Bertz CT molecular complexity index is 314. The fourth-order valence-corrected chi connectivity index (χ4v) is 1.16. The molecule has 12 heavy (non-hydrogen) atoms. The number of halogens is 1. The summed E-state index contributed by atoms with van der Waals surface area (Å²) in [5, 5.41) is 0. The summed E-state index contributed by atoms with van der Waals surface area (Å²) in [5.41, 5.74) is 12.2. The number of benzene rings is 1. The molecule has 0 heterocycles. The van der Waals surface area contributed by atoms with E-state index >= 15 is 0 Å². The number of anilines is 2. The Hall–Kier alpha value is -1.23. The van der Waals surface area contributed by atoms with E-state index in [0.29, 0.717) is 16.9 Å². The zero-order valence-electron chi connectivity index (χ0n) is 6.17. The van der Waals surface area contributed by atoms with E-state index in [4.69, 9.17) is 11.5 Å². The number of amides is 1. The Morgan fingerprint density at radius 1 is 1.50 bits per heavy atom. The monoisotopic (exact) mass is 229 g/mol. The average molecular weight is 230 g/mol. The SMILES string of the molecule is NC(=O)c1ccc(NBr)c(N)c1. The van der Waals surface area contributed by atoms with Gasteiger partial charge >= 0.3 is 0 Å². The summed E-state index contributed by atoms with van der Waals surface area (Å²) in [6.07, 6.45) is 0. The summed E-state index contributed by atoms with van der Waals surface area (Å²) in [4.78, 5) is 10.7. The predicted molar refractivity (Wildman–Crippen MR) is 51.9 cm³/mol. The fraction of sp³-hybridized carbons (Fsp3) is 0. The molecule has 0 saturated heterocycles. The zero-order chi connectivity index (χ0) is 9.14. The van der Waals surface area contributed by atoms with Gasteiger partial charge in [0.15, 0.2) is 0 Å². The lowest BCUT2D eigenvalue weighted by atomic mass is 10.2. The highest BCUT2D eigenvalue weighted by Gasteiger charge is 2.02. The first-order valence-electron chi connectivity index (χ1n) is 3.21. The normalized spacial score (nSPS) is 9.42. The minimum absolute atomic E-state index is 0.402. The van der Waals surface area contributed by atoms with Crippen molar-refractivity contribution in [1.82, 2.24) is 0 Å². The van der Waals surface area contributed by atoms with Crippen LogP contribution >= 0.6 is 16.1 Å². The minimum Gasteiger partial charge on any atom is -0.397 e. The van der Waals surface area contributed by atoms with Crippen LogP contribution in [0.1, 0.15) is 10.4 Å². The van der Waals surface area contributed by atoms with Crippen LogP contribution in [0.2, 0.25) is 0 Å². The van der Waals surface area contributed by atoms with E-state index in [0.717, 1.165) is 0 Å². The highest BCUT2D eigenvalue weighted by atomic mass is 79.9. The quantitative estimate of drug-likeness (QED) is 0.525. The third kappa shape index (κ3) is 1.68. The van der Waals surface area contributed by atoms with Crippen LogP contribution in [-0.2, 0) is 0 Å². The van der Waals surface area contributed by atoms with Crippen LogP contribution in [0.25, 0.3) is 0 Å². The number of hydrogen-bond acceptors (Lipinski definition) is 3. The van der Waals surface area contributed by atoms with E-state index in [1.807, 2.05) is 0 Å². The van der Waals surface area contributed by atoms with Crippen LogP contribution in [0.3, 0.4) is 0 Å². The number of nitrogens with one attached hydrogen (secondary N) is 1. The van der Waals surface area contributed by atoms with E-state index in [9.17, 15) is 4.79 Å². The summed E-state index contributed by atoms with van der Waals surface area (Å²) in [5.74, 6) is -0.483. The Balaban J connectivity index is 3.10. The standard InChI is InChI=1S/C7H8BrN3O/c8-11-6-2-1-4(7(10)12)3-5(6)9/h1-3,11H,9H2,(H2,10,12). The van der Waals surface area contributed by atoms with Gasteiger partial charge in [0.25, 0.3) is 0 Å². The van der Waals surface area contributed by atoms with E-state index in [1.165, 1.54) is 6.07 Å². The maximum absolute atomic E-state index is 10.7. The van der Waals surface area contributed by atoms with Crippen molar-refractivity contribution >= 4 is 33.4 Å². The minimum atomic E-state index is -0.483. The second-order valence-electron chi connectivity index (χ2n) is 2.26. The van der Waals surface area contributed by atoms with E-state index in [1.54, 1.807) is 12.1 Å². The van der Waals surface area contributed by atoms with Gasteiger partial charge in [-0.2, -0.15) is 0 Å². The Kier molecular flexibility index (Phi) is 2.54. The molecule has 0 radical (unpaired) electrons. The molecular weight excluding hydrogens is 222 g/mol. The molecule has 0 aromatic heterocycles. The van der Waals surface area contributed by atoms with Crippen molar-refractivity contribution in [3.63, 3.8) is 0 Å². The number of nitrogen functional groups attached to an aromatic ring is 1. The van der Waals surface area contributed by atoms with Crippen molar-refractivity contribution in [1.29, 1.82) is 0 Å². The molecule has 0 fully saturated rings. The van der Waals surface area contributed by atoms with Crippen LogP contribution in [0, 0.1) is 0 Å². The van der Waals surface area contributed by atoms with Gasteiger partial charge in [0.2, 0.25) is 5.91 Å². The van der Waals surface area contributed by atoms with Gasteiger partial charge in [0.05, 0.1) is 11.4 Å². The first-order valence-corrected chi connectivity index (χ1v) is 4.00. The lowest BCUT2D eigenvalue weighted by Crippen LogP contribution is -2.11. The van der Waals surface area contributed by atoms with Gasteiger partial charge in [-0.15, -0.1) is 0 Å². The van der Waals surface area contributed by atoms with Crippen molar-refractivity contribution in [2.24, 2.45) is 5.73 Å². The van der Waals surface area contributed by atoms with Gasteiger partial charge in [-0.1, -0.05) is 0 Å². The van der Waals surface area contributed by atoms with Gasteiger partial charge in [-0.25, -0.2) is 0 Å². The molecule has 0 bridgehead atoms. The second kappa shape index (κ2) is 3.44. The van der Waals surface area contributed by atoms with Crippen LogP contribution in [-0.4, -0.2) is 5.91 Å². The third-order valence-electron chi connectivity index (χ3n) is 1.44. The third-order valence-corrected chi connectivity index (χ3v) is 1.87. The highest BCUT2D eigenvalue weighted by molar-refractivity contribution is 9.10. The summed E-state index contributed by atoms with van der Waals surface area (Å²) in [6, 6.07) is 4.79. The molecule has 4 nitrogen and oxygen atoms in total. The molecule has 0 atom stereocenters. The molecule has 1 rings (SSSR count). The fourth-order valence-electron chi connectivity index (χ4n) is 0.802. The van der Waals surface area contributed by atoms with Crippen LogP contribution < -0.4 is 15.8 Å². The van der Waals surface area contributed by atoms with Crippen LogP contribution in [0.15, 0.2) is 18.2 Å². The molecule has 0 unspecified atom stereocenters. The molecule has 1 amide bonds. The second-order valence-corrected chi connectivity index (χ2v) is 2.66. The van der Waals surface area contributed by atoms with Crippen molar-refractivity contribution in [3.05, 3.63) is 23.8 Å². The molecule has 64 valence electrons. The largest absolute Gasteiger partial charge is 0.397 e. The molecule has 1 aromatic carbocycles. The first-order chi connectivity index (χ1) is 5.65. The molecule has 0 aliphatic rings. The number of primary amides is 1. The number of carbonyl (C=O) groups excluding carboxylic acids is 1. The van der Waals surface area contributed by atoms with E-state index < -0.39 is 5.91 Å². The summed E-state index contributed by atoms with van der Waals surface area (Å²) >= 11 is 3.02. The van der Waals surface area contributed by atoms with Crippen molar-refractivity contribution in [2.45, 2.75) is 0 Å². The van der Waals surface area contributed by atoms with Gasteiger partial charge in [0.1, 0.15) is 0 Å². The van der Waals surface area contributed by atoms with Gasteiger partial charge < -0.3 is 15.8 Å². The zero-order valence-corrected chi connectivity index (χ0v) is 7.76. The topological polar surface area (TPSA) is 81.1 Å². The molecule has 0 aliphatic carbocycles. The van der Waals surface area contributed by atoms with Crippen molar-refractivity contribution in [3.8, 4) is 0 Å². The number of nitrogens with two attached hydrogens (primary N) is 2. The first kappa shape index (κ1) is 8.86. The predicted octanol–water partition coefficient (Wildman–Crippen LogP) is 1.09. The molecule has 0 spiro atoms. The Morgan fingerprint density at radius 3 is 2.58 bits per heavy atom. The molecular formula is C7H8BrN3O. The smallest absolute Gasteiger partial charge is 0.248 e. The number of hydrogen-bond donors (Lipinski definition) is 3. The van der Waals surface area contributed by atoms with Crippen molar-refractivity contribution < 1.29 is 4.79 Å². The lowest BCUT2D eigenvalue weighted by Gasteiger charge is -2.03. The summed E-state index contributed by atoms with van der Waals surface area (Å²) < 4.78 is 2.70. The molecule has 0 saturated carbocycles.